The summed E-state index contributed by atoms with van der Waals surface area (Å²) in [5.74, 6) is -1.72. The largest absolute Gasteiger partial charge is 0.454 e. The summed E-state index contributed by atoms with van der Waals surface area (Å²) in [6.07, 6.45) is -0.639. The number of ether oxygens (including phenoxy) is 1. The first-order chi connectivity index (χ1) is 10.7. The first-order valence-electron chi connectivity index (χ1n) is 8.34. The minimum atomic E-state index is -4.44. The number of hydrogen-bond acceptors (Lipinski definition) is 3. The molecule has 1 saturated heterocycles. The molecule has 0 aromatic carbocycles. The van der Waals surface area contributed by atoms with Crippen molar-refractivity contribution in [1.82, 2.24) is 0 Å². The Morgan fingerprint density at radius 3 is 2.78 bits per heavy atom. The number of hydrogen-bond donors (Lipinski definition) is 1. The van der Waals surface area contributed by atoms with Gasteiger partial charge in [0.25, 0.3) is 0 Å². The summed E-state index contributed by atoms with van der Waals surface area (Å²) in [7, 11) is 0. The molecule has 1 N–H and O–H groups in total. The number of aliphatic hydroxyl groups excluding tert-OH is 1. The van der Waals surface area contributed by atoms with Crippen LogP contribution in [0.2, 0.25) is 0 Å². The van der Waals surface area contributed by atoms with Gasteiger partial charge in [0.1, 0.15) is 5.60 Å². The second-order valence-electron chi connectivity index (χ2n) is 7.02. The second kappa shape index (κ2) is 6.83. The van der Waals surface area contributed by atoms with Gasteiger partial charge in [0.15, 0.2) is 0 Å². The molecule has 1 aliphatic heterocycles. The fourth-order valence-electron chi connectivity index (χ4n) is 3.90. The molecule has 1 heterocycles. The van der Waals surface area contributed by atoms with Crippen LogP contribution < -0.4 is 0 Å². The van der Waals surface area contributed by atoms with Crippen molar-refractivity contribution in [3.8, 4) is 0 Å². The van der Waals surface area contributed by atoms with E-state index < -0.39 is 23.8 Å². The van der Waals surface area contributed by atoms with Crippen LogP contribution in [-0.4, -0.2) is 29.0 Å². The van der Waals surface area contributed by atoms with Gasteiger partial charge in [-0.05, 0) is 31.3 Å². The van der Waals surface area contributed by atoms with Crippen LogP contribution in [0.5, 0.6) is 0 Å². The Bertz CT molecular complexity index is 460. The van der Waals surface area contributed by atoms with Gasteiger partial charge in [-0.3, -0.25) is 4.79 Å². The standard InChI is InChI=1S/C17H25F3O3/c1-3-4-5-13(17(18,19)20)14(21)6-7-16-10-11(2)8-12(16)9-15(22)23-16/h6-7,11-14,21H,3-5,8-10H2,1-2H3/t11-,12-,13+,14?,16+/m0/s1. The summed E-state index contributed by atoms with van der Waals surface area (Å²) in [4.78, 5) is 11.5. The van der Waals surface area contributed by atoms with Crippen LogP contribution in [0.4, 0.5) is 13.2 Å². The highest BCUT2D eigenvalue weighted by atomic mass is 19.4. The average Bonchev–Trinajstić information content (AvgIpc) is 2.86. The third-order valence-corrected chi connectivity index (χ3v) is 5.04. The monoisotopic (exact) mass is 334 g/mol. The van der Waals surface area contributed by atoms with Crippen molar-refractivity contribution in [3.63, 3.8) is 0 Å². The summed E-state index contributed by atoms with van der Waals surface area (Å²) < 4.78 is 44.7. The summed E-state index contributed by atoms with van der Waals surface area (Å²) in [5.41, 5.74) is -0.821. The maximum atomic E-state index is 13.1. The zero-order valence-corrected chi connectivity index (χ0v) is 13.6. The summed E-state index contributed by atoms with van der Waals surface area (Å²) in [5, 5.41) is 10.0. The van der Waals surface area contributed by atoms with Gasteiger partial charge in [0.2, 0.25) is 0 Å². The Morgan fingerprint density at radius 2 is 2.17 bits per heavy atom. The number of carbonyl (C=O) groups is 1. The number of esters is 1. The molecular formula is C17H25F3O3. The van der Waals surface area contributed by atoms with E-state index in [4.69, 9.17) is 4.74 Å². The van der Waals surface area contributed by atoms with Crippen molar-refractivity contribution in [2.45, 2.75) is 70.3 Å². The first-order valence-corrected chi connectivity index (χ1v) is 8.34. The predicted molar refractivity (Wildman–Crippen MR) is 79.5 cm³/mol. The Morgan fingerprint density at radius 1 is 1.48 bits per heavy atom. The van der Waals surface area contributed by atoms with Crippen LogP contribution in [0, 0.1) is 17.8 Å². The smallest absolute Gasteiger partial charge is 0.394 e. The minimum absolute atomic E-state index is 0.00780. The predicted octanol–water partition coefficient (Wildman–Crippen LogP) is 4.00. The van der Waals surface area contributed by atoms with Gasteiger partial charge in [0.05, 0.1) is 18.4 Å². The third kappa shape index (κ3) is 4.08. The van der Waals surface area contributed by atoms with E-state index >= 15 is 0 Å². The van der Waals surface area contributed by atoms with Crippen LogP contribution in [0.1, 0.15) is 52.4 Å². The lowest BCUT2D eigenvalue weighted by Crippen LogP contribution is -2.34. The van der Waals surface area contributed by atoms with Crippen molar-refractivity contribution in [3.05, 3.63) is 12.2 Å². The molecule has 0 bridgehead atoms. The Balaban J connectivity index is 2.11. The lowest BCUT2D eigenvalue weighted by atomic mass is 9.88. The molecule has 1 saturated carbocycles. The number of unbranched alkanes of at least 4 members (excludes halogenated alkanes) is 1. The lowest BCUT2D eigenvalue weighted by molar-refractivity contribution is -0.195. The summed E-state index contributed by atoms with van der Waals surface area (Å²) >= 11 is 0. The number of fused-ring (bicyclic) bond motifs is 1. The molecule has 23 heavy (non-hydrogen) atoms. The highest BCUT2D eigenvalue weighted by Gasteiger charge is 2.53. The lowest BCUT2D eigenvalue weighted by Gasteiger charge is -2.27. The molecule has 1 unspecified atom stereocenters. The summed E-state index contributed by atoms with van der Waals surface area (Å²) in [6, 6.07) is 0. The average molecular weight is 334 g/mol. The zero-order valence-electron chi connectivity index (χ0n) is 13.6. The van der Waals surface area contributed by atoms with E-state index in [9.17, 15) is 23.1 Å². The summed E-state index contributed by atoms with van der Waals surface area (Å²) in [6.45, 7) is 3.86. The third-order valence-electron chi connectivity index (χ3n) is 5.04. The molecule has 5 atom stereocenters. The van der Waals surface area contributed by atoms with Gasteiger partial charge in [-0.1, -0.05) is 32.8 Å². The fraction of sp³-hybridized carbons (Fsp3) is 0.824. The zero-order chi connectivity index (χ0) is 17.3. The minimum Gasteiger partial charge on any atom is -0.454 e. The van der Waals surface area contributed by atoms with Crippen molar-refractivity contribution in [1.29, 1.82) is 0 Å². The normalized spacial score (nSPS) is 33.7. The van der Waals surface area contributed by atoms with Gasteiger partial charge >= 0.3 is 12.1 Å². The van der Waals surface area contributed by atoms with E-state index in [-0.39, 0.29) is 18.3 Å². The van der Waals surface area contributed by atoms with Crippen molar-refractivity contribution in [2.75, 3.05) is 0 Å². The Kier molecular flexibility index (Phi) is 5.44. The van der Waals surface area contributed by atoms with Crippen LogP contribution in [-0.2, 0) is 9.53 Å². The molecule has 0 amide bonds. The van der Waals surface area contributed by atoms with Gasteiger partial charge in [0, 0.05) is 5.92 Å². The van der Waals surface area contributed by atoms with Crippen LogP contribution in [0.15, 0.2) is 12.2 Å². The molecule has 3 nitrogen and oxygen atoms in total. The van der Waals surface area contributed by atoms with E-state index in [1.165, 1.54) is 12.2 Å². The van der Waals surface area contributed by atoms with Gasteiger partial charge in [-0.25, -0.2) is 0 Å². The van der Waals surface area contributed by atoms with Crippen molar-refractivity contribution >= 4 is 5.97 Å². The maximum absolute atomic E-state index is 13.1. The number of aliphatic hydroxyl groups is 1. The van der Waals surface area contributed by atoms with E-state index in [0.717, 1.165) is 6.42 Å². The molecule has 0 aromatic rings. The van der Waals surface area contributed by atoms with E-state index in [2.05, 4.69) is 0 Å². The molecule has 2 aliphatic rings. The van der Waals surface area contributed by atoms with E-state index in [1.807, 2.05) is 13.8 Å². The van der Waals surface area contributed by atoms with Crippen LogP contribution >= 0.6 is 0 Å². The molecule has 0 aromatic heterocycles. The second-order valence-corrected chi connectivity index (χ2v) is 7.02. The molecule has 1 aliphatic carbocycles. The van der Waals surface area contributed by atoms with Gasteiger partial charge < -0.3 is 9.84 Å². The molecule has 6 heteroatoms. The number of rotatable bonds is 6. The molecule has 2 rings (SSSR count). The first kappa shape index (κ1) is 18.3. The highest BCUT2D eigenvalue weighted by molar-refractivity contribution is 5.73. The quantitative estimate of drug-likeness (QED) is 0.590. The molecule has 0 spiro atoms. The number of alkyl halides is 3. The Hall–Kier alpha value is -1.04. The van der Waals surface area contributed by atoms with Crippen LogP contribution in [0.3, 0.4) is 0 Å². The highest BCUT2D eigenvalue weighted by Crippen LogP contribution is 2.49. The van der Waals surface area contributed by atoms with Crippen LogP contribution in [0.25, 0.3) is 0 Å². The SMILES string of the molecule is CCCC[C@H](C(O)C=C[C@@]12C[C@@H](C)C[C@H]1CC(=O)O2)C(F)(F)F. The molecule has 0 radical (unpaired) electrons. The Labute approximate surface area is 134 Å². The van der Waals surface area contributed by atoms with Crippen molar-refractivity contribution in [2.24, 2.45) is 17.8 Å². The number of carbonyl (C=O) groups excluding carboxylic acids is 1. The maximum Gasteiger partial charge on any atom is 0.394 e. The van der Waals surface area contributed by atoms with Crippen molar-refractivity contribution < 1.29 is 27.8 Å². The number of halogens is 3. The van der Waals surface area contributed by atoms with Gasteiger partial charge in [-0.2, -0.15) is 13.2 Å². The topological polar surface area (TPSA) is 46.5 Å². The molecule has 2 fully saturated rings. The molecular weight excluding hydrogens is 309 g/mol. The van der Waals surface area contributed by atoms with E-state index in [1.54, 1.807) is 0 Å². The van der Waals surface area contributed by atoms with Gasteiger partial charge in [-0.15, -0.1) is 0 Å². The van der Waals surface area contributed by atoms with E-state index in [0.29, 0.717) is 31.6 Å². The fourth-order valence-corrected chi connectivity index (χ4v) is 3.90. The molecule has 132 valence electrons.